The zero-order valence-corrected chi connectivity index (χ0v) is 17.3. The normalized spacial score (nSPS) is 14.3. The standard InChI is InChI=1S/C21H25N3O6/c1-28-18-7-5-16(13-17(18)24(26)27)21(25)23-10-8-22(9-11-23)14-15-4-6-19(29-2)20(12-15)30-3/h4-7,12-13H,8-11,14H2,1-3H3. The van der Waals surface area contributed by atoms with Gasteiger partial charge in [0.1, 0.15) is 0 Å². The summed E-state index contributed by atoms with van der Waals surface area (Å²) in [7, 11) is 4.57. The van der Waals surface area contributed by atoms with Crippen LogP contribution in [0.15, 0.2) is 36.4 Å². The molecule has 9 nitrogen and oxygen atoms in total. The summed E-state index contributed by atoms with van der Waals surface area (Å²) in [6.45, 7) is 3.24. The van der Waals surface area contributed by atoms with E-state index in [0.717, 1.165) is 12.1 Å². The highest BCUT2D eigenvalue weighted by Crippen LogP contribution is 2.29. The van der Waals surface area contributed by atoms with Crippen molar-refractivity contribution >= 4 is 11.6 Å². The second-order valence-electron chi connectivity index (χ2n) is 6.90. The molecule has 1 saturated heterocycles. The van der Waals surface area contributed by atoms with Crippen molar-refractivity contribution in [3.05, 3.63) is 57.6 Å². The minimum Gasteiger partial charge on any atom is -0.493 e. The molecular formula is C21H25N3O6. The van der Waals surface area contributed by atoms with Crippen LogP contribution in [0.2, 0.25) is 0 Å². The van der Waals surface area contributed by atoms with E-state index < -0.39 is 4.92 Å². The van der Waals surface area contributed by atoms with Crippen molar-refractivity contribution in [2.75, 3.05) is 47.5 Å². The van der Waals surface area contributed by atoms with Crippen LogP contribution < -0.4 is 14.2 Å². The summed E-state index contributed by atoms with van der Waals surface area (Å²) < 4.78 is 15.6. The number of nitro benzene ring substituents is 1. The highest BCUT2D eigenvalue weighted by atomic mass is 16.6. The number of rotatable bonds is 7. The molecule has 0 atom stereocenters. The van der Waals surface area contributed by atoms with Gasteiger partial charge in [-0.3, -0.25) is 19.8 Å². The zero-order valence-electron chi connectivity index (χ0n) is 17.3. The quantitative estimate of drug-likeness (QED) is 0.507. The molecule has 0 N–H and O–H groups in total. The van der Waals surface area contributed by atoms with Gasteiger partial charge in [0.2, 0.25) is 0 Å². The zero-order chi connectivity index (χ0) is 21.7. The second-order valence-corrected chi connectivity index (χ2v) is 6.90. The molecule has 0 radical (unpaired) electrons. The summed E-state index contributed by atoms with van der Waals surface area (Å²) in [5.41, 5.74) is 1.17. The predicted octanol–water partition coefficient (Wildman–Crippen LogP) is 2.58. The fraction of sp³-hybridized carbons (Fsp3) is 0.381. The fourth-order valence-electron chi connectivity index (χ4n) is 3.49. The fourth-order valence-corrected chi connectivity index (χ4v) is 3.49. The smallest absolute Gasteiger partial charge is 0.311 e. The molecule has 2 aromatic rings. The second kappa shape index (κ2) is 9.45. The average Bonchev–Trinajstić information content (AvgIpc) is 2.78. The lowest BCUT2D eigenvalue weighted by molar-refractivity contribution is -0.385. The van der Waals surface area contributed by atoms with Crippen LogP contribution in [0.3, 0.4) is 0 Å². The molecule has 1 aliphatic rings. The summed E-state index contributed by atoms with van der Waals surface area (Å²) in [6, 6.07) is 10.1. The Kier molecular flexibility index (Phi) is 6.73. The number of piperazine rings is 1. The Bertz CT molecular complexity index is 925. The van der Waals surface area contributed by atoms with Gasteiger partial charge >= 0.3 is 5.69 Å². The number of hydrogen-bond donors (Lipinski definition) is 0. The molecule has 9 heteroatoms. The molecule has 160 valence electrons. The van der Waals surface area contributed by atoms with Crippen LogP contribution in [0.4, 0.5) is 5.69 Å². The van der Waals surface area contributed by atoms with E-state index in [-0.39, 0.29) is 22.9 Å². The van der Waals surface area contributed by atoms with E-state index in [1.807, 2.05) is 18.2 Å². The van der Waals surface area contributed by atoms with Crippen LogP contribution in [-0.2, 0) is 6.54 Å². The monoisotopic (exact) mass is 415 g/mol. The van der Waals surface area contributed by atoms with Crippen molar-refractivity contribution in [2.45, 2.75) is 6.54 Å². The number of nitro groups is 1. The molecule has 0 aliphatic carbocycles. The van der Waals surface area contributed by atoms with Crippen molar-refractivity contribution in [1.82, 2.24) is 9.80 Å². The predicted molar refractivity (Wildman–Crippen MR) is 110 cm³/mol. The summed E-state index contributed by atoms with van der Waals surface area (Å²) in [5.74, 6) is 1.29. The maximum atomic E-state index is 12.8. The van der Waals surface area contributed by atoms with Gasteiger partial charge in [0, 0.05) is 44.4 Å². The first-order valence-corrected chi connectivity index (χ1v) is 9.51. The number of nitrogens with zero attached hydrogens (tertiary/aromatic N) is 3. The Morgan fingerprint density at radius 3 is 2.17 bits per heavy atom. The van der Waals surface area contributed by atoms with Gasteiger partial charge in [0.25, 0.3) is 5.91 Å². The van der Waals surface area contributed by atoms with Crippen LogP contribution in [-0.4, -0.2) is 68.1 Å². The van der Waals surface area contributed by atoms with Gasteiger partial charge in [-0.2, -0.15) is 0 Å². The van der Waals surface area contributed by atoms with Gasteiger partial charge in [-0.05, 0) is 29.8 Å². The molecule has 1 heterocycles. The lowest BCUT2D eigenvalue weighted by Crippen LogP contribution is -2.48. The van der Waals surface area contributed by atoms with E-state index in [4.69, 9.17) is 14.2 Å². The number of carbonyl (C=O) groups excluding carboxylic acids is 1. The van der Waals surface area contributed by atoms with Crippen molar-refractivity contribution in [3.63, 3.8) is 0 Å². The van der Waals surface area contributed by atoms with Crippen molar-refractivity contribution in [2.24, 2.45) is 0 Å². The van der Waals surface area contributed by atoms with Crippen molar-refractivity contribution < 1.29 is 23.9 Å². The van der Waals surface area contributed by atoms with Gasteiger partial charge < -0.3 is 19.1 Å². The first kappa shape index (κ1) is 21.4. The lowest BCUT2D eigenvalue weighted by atomic mass is 10.1. The van der Waals surface area contributed by atoms with Crippen LogP contribution in [0.1, 0.15) is 15.9 Å². The number of methoxy groups -OCH3 is 3. The molecule has 1 amide bonds. The molecule has 1 fully saturated rings. The summed E-state index contributed by atoms with van der Waals surface area (Å²) in [6.07, 6.45) is 0. The van der Waals surface area contributed by atoms with Gasteiger partial charge in [0.05, 0.1) is 26.3 Å². The average molecular weight is 415 g/mol. The Labute approximate surface area is 174 Å². The number of carbonyl (C=O) groups is 1. The van der Waals surface area contributed by atoms with E-state index in [2.05, 4.69) is 4.90 Å². The minimum atomic E-state index is -0.545. The number of ether oxygens (including phenoxy) is 3. The lowest BCUT2D eigenvalue weighted by Gasteiger charge is -2.34. The molecule has 0 aromatic heterocycles. The van der Waals surface area contributed by atoms with E-state index >= 15 is 0 Å². The largest absolute Gasteiger partial charge is 0.493 e. The SMILES string of the molecule is COc1ccc(CN2CCN(C(=O)c3ccc(OC)c([N+](=O)[O-])c3)CC2)cc1OC. The molecule has 0 saturated carbocycles. The maximum absolute atomic E-state index is 12.8. The highest BCUT2D eigenvalue weighted by Gasteiger charge is 2.25. The van der Waals surface area contributed by atoms with Crippen LogP contribution in [0, 0.1) is 10.1 Å². The molecule has 0 bridgehead atoms. The Balaban J connectivity index is 1.62. The maximum Gasteiger partial charge on any atom is 0.311 e. The van der Waals surface area contributed by atoms with Crippen LogP contribution in [0.5, 0.6) is 17.2 Å². The molecule has 1 aliphatic heterocycles. The molecule has 30 heavy (non-hydrogen) atoms. The summed E-state index contributed by atoms with van der Waals surface area (Å²) in [4.78, 5) is 27.4. The number of amides is 1. The summed E-state index contributed by atoms with van der Waals surface area (Å²) >= 11 is 0. The van der Waals surface area contributed by atoms with Crippen molar-refractivity contribution in [1.29, 1.82) is 0 Å². The van der Waals surface area contributed by atoms with E-state index in [0.29, 0.717) is 37.7 Å². The Morgan fingerprint density at radius 1 is 0.933 bits per heavy atom. The van der Waals surface area contributed by atoms with Crippen LogP contribution >= 0.6 is 0 Å². The number of benzene rings is 2. The Morgan fingerprint density at radius 2 is 1.57 bits per heavy atom. The first-order valence-electron chi connectivity index (χ1n) is 9.51. The summed E-state index contributed by atoms with van der Waals surface area (Å²) in [5, 5.41) is 11.2. The third-order valence-corrected chi connectivity index (χ3v) is 5.14. The van der Waals surface area contributed by atoms with Gasteiger partial charge in [-0.25, -0.2) is 0 Å². The number of hydrogen-bond acceptors (Lipinski definition) is 7. The molecule has 3 rings (SSSR count). The van der Waals surface area contributed by atoms with Gasteiger partial charge in [-0.1, -0.05) is 6.07 Å². The topological polar surface area (TPSA) is 94.4 Å². The van der Waals surface area contributed by atoms with E-state index in [1.54, 1.807) is 25.2 Å². The third-order valence-electron chi connectivity index (χ3n) is 5.14. The van der Waals surface area contributed by atoms with E-state index in [1.165, 1.54) is 19.2 Å². The molecule has 0 spiro atoms. The van der Waals surface area contributed by atoms with E-state index in [9.17, 15) is 14.9 Å². The van der Waals surface area contributed by atoms with Gasteiger partial charge in [0.15, 0.2) is 17.2 Å². The van der Waals surface area contributed by atoms with Crippen LogP contribution in [0.25, 0.3) is 0 Å². The third kappa shape index (κ3) is 4.62. The van der Waals surface area contributed by atoms with Crippen molar-refractivity contribution in [3.8, 4) is 17.2 Å². The Hall–Kier alpha value is -3.33. The molecular weight excluding hydrogens is 390 g/mol. The highest BCUT2D eigenvalue weighted by molar-refractivity contribution is 5.95. The molecule has 2 aromatic carbocycles. The first-order chi connectivity index (χ1) is 14.5. The molecule has 0 unspecified atom stereocenters. The minimum absolute atomic E-state index is 0.135. The van der Waals surface area contributed by atoms with Gasteiger partial charge in [-0.15, -0.1) is 0 Å².